The van der Waals surface area contributed by atoms with Crippen molar-refractivity contribution < 1.29 is 0 Å². The van der Waals surface area contributed by atoms with E-state index in [2.05, 4.69) is 64.2 Å². The van der Waals surface area contributed by atoms with Crippen molar-refractivity contribution in [2.75, 3.05) is 0 Å². The largest absolute Gasteiger partial charge is 0.327 e. The Labute approximate surface area is 114 Å². The van der Waals surface area contributed by atoms with Gasteiger partial charge in [-0.05, 0) is 46.7 Å². The van der Waals surface area contributed by atoms with Gasteiger partial charge in [-0.25, -0.2) is 4.98 Å². The van der Waals surface area contributed by atoms with Crippen molar-refractivity contribution in [3.8, 4) is 0 Å². The summed E-state index contributed by atoms with van der Waals surface area (Å²) in [5.74, 6) is 2.03. The number of hydrogen-bond acceptors (Lipinski definition) is 1. The van der Waals surface area contributed by atoms with Crippen LogP contribution in [0.25, 0.3) is 11.0 Å². The Morgan fingerprint density at radius 1 is 1.44 bits per heavy atom. The number of alkyl halides is 1. The lowest BCUT2D eigenvalue weighted by atomic mass is 10.2. The first-order valence-corrected chi connectivity index (χ1v) is 6.93. The first kappa shape index (κ1) is 12.2. The van der Waals surface area contributed by atoms with Crippen LogP contribution < -0.4 is 0 Å². The van der Waals surface area contributed by atoms with Gasteiger partial charge in [-0.3, -0.25) is 0 Å². The van der Waals surface area contributed by atoms with Gasteiger partial charge in [0, 0.05) is 10.1 Å². The van der Waals surface area contributed by atoms with Crippen LogP contribution in [0.2, 0.25) is 0 Å². The van der Waals surface area contributed by atoms with Gasteiger partial charge in [0.25, 0.3) is 0 Å². The molecule has 2 aromatic rings. The standard InChI is InChI=1S/C12H14ClIN2/c1-8(2)7-16-11-4-3-9(14)5-10(11)15-12(16)6-13/h3-5,8H,6-7H2,1-2H3. The van der Waals surface area contributed by atoms with E-state index in [0.29, 0.717) is 11.8 Å². The van der Waals surface area contributed by atoms with Gasteiger partial charge in [0.15, 0.2) is 0 Å². The van der Waals surface area contributed by atoms with Crippen LogP contribution in [0.15, 0.2) is 18.2 Å². The van der Waals surface area contributed by atoms with Gasteiger partial charge in [-0.15, -0.1) is 11.6 Å². The van der Waals surface area contributed by atoms with Crippen LogP contribution in [0.1, 0.15) is 19.7 Å². The molecule has 1 aromatic heterocycles. The molecule has 0 spiro atoms. The number of hydrogen-bond donors (Lipinski definition) is 0. The molecule has 0 unspecified atom stereocenters. The minimum absolute atomic E-state index is 0.470. The van der Waals surface area contributed by atoms with E-state index in [4.69, 9.17) is 11.6 Å². The van der Waals surface area contributed by atoms with Crippen LogP contribution >= 0.6 is 34.2 Å². The lowest BCUT2D eigenvalue weighted by Crippen LogP contribution is -2.07. The normalized spacial score (nSPS) is 11.6. The molecule has 0 saturated heterocycles. The molecule has 0 aliphatic heterocycles. The molecular weight excluding hydrogens is 335 g/mol. The summed E-state index contributed by atoms with van der Waals surface area (Å²) in [6.07, 6.45) is 0. The average molecular weight is 349 g/mol. The third-order valence-corrected chi connectivity index (χ3v) is 3.37. The topological polar surface area (TPSA) is 17.8 Å². The van der Waals surface area contributed by atoms with E-state index in [9.17, 15) is 0 Å². The second-order valence-corrected chi connectivity index (χ2v) is 5.81. The SMILES string of the molecule is CC(C)Cn1c(CCl)nc2cc(I)ccc21. The summed E-state index contributed by atoms with van der Waals surface area (Å²) in [7, 11) is 0. The predicted molar refractivity (Wildman–Crippen MR) is 76.8 cm³/mol. The highest BCUT2D eigenvalue weighted by Crippen LogP contribution is 2.21. The quantitative estimate of drug-likeness (QED) is 0.605. The van der Waals surface area contributed by atoms with Gasteiger partial charge in [0.2, 0.25) is 0 Å². The first-order chi connectivity index (χ1) is 7.61. The second-order valence-electron chi connectivity index (χ2n) is 4.30. The van der Waals surface area contributed by atoms with Crippen LogP contribution in [-0.4, -0.2) is 9.55 Å². The van der Waals surface area contributed by atoms with E-state index < -0.39 is 0 Å². The van der Waals surface area contributed by atoms with Gasteiger partial charge < -0.3 is 4.57 Å². The van der Waals surface area contributed by atoms with Crippen molar-refractivity contribution in [2.45, 2.75) is 26.3 Å². The van der Waals surface area contributed by atoms with Crippen LogP contribution in [0.5, 0.6) is 0 Å². The molecule has 0 aliphatic rings. The summed E-state index contributed by atoms with van der Waals surface area (Å²) >= 11 is 8.25. The minimum atomic E-state index is 0.470. The van der Waals surface area contributed by atoms with Crippen molar-refractivity contribution in [3.05, 3.63) is 27.6 Å². The Hall–Kier alpha value is -0.290. The Morgan fingerprint density at radius 3 is 2.81 bits per heavy atom. The van der Waals surface area contributed by atoms with Gasteiger partial charge in [0.05, 0.1) is 16.9 Å². The average Bonchev–Trinajstić information content (AvgIpc) is 2.55. The van der Waals surface area contributed by atoms with Gasteiger partial charge in [-0.1, -0.05) is 13.8 Å². The number of rotatable bonds is 3. The molecule has 16 heavy (non-hydrogen) atoms. The van der Waals surface area contributed by atoms with Gasteiger partial charge >= 0.3 is 0 Å². The highest BCUT2D eigenvalue weighted by molar-refractivity contribution is 14.1. The van der Waals surface area contributed by atoms with Crippen molar-refractivity contribution >= 4 is 45.2 Å². The summed E-state index contributed by atoms with van der Waals surface area (Å²) in [6, 6.07) is 6.34. The Bertz CT molecular complexity index is 505. The van der Waals surface area contributed by atoms with Gasteiger partial charge in [0.1, 0.15) is 5.82 Å². The monoisotopic (exact) mass is 348 g/mol. The predicted octanol–water partition coefficient (Wildman–Crippen LogP) is 4.04. The lowest BCUT2D eigenvalue weighted by molar-refractivity contribution is 0.522. The van der Waals surface area contributed by atoms with Crippen molar-refractivity contribution in [2.24, 2.45) is 5.92 Å². The molecule has 2 rings (SSSR count). The molecule has 0 N–H and O–H groups in total. The van der Waals surface area contributed by atoms with Crippen LogP contribution in [0, 0.1) is 9.49 Å². The van der Waals surface area contributed by atoms with E-state index in [1.54, 1.807) is 0 Å². The molecule has 0 atom stereocenters. The molecule has 0 aliphatic carbocycles. The maximum atomic E-state index is 5.94. The fourth-order valence-corrected chi connectivity index (χ4v) is 2.50. The van der Waals surface area contributed by atoms with Gasteiger partial charge in [-0.2, -0.15) is 0 Å². The van der Waals surface area contributed by atoms with E-state index >= 15 is 0 Å². The summed E-state index contributed by atoms with van der Waals surface area (Å²) in [6.45, 7) is 5.38. The van der Waals surface area contributed by atoms with E-state index in [-0.39, 0.29) is 0 Å². The van der Waals surface area contributed by atoms with Crippen molar-refractivity contribution in [1.82, 2.24) is 9.55 Å². The van der Waals surface area contributed by atoms with Crippen molar-refractivity contribution in [3.63, 3.8) is 0 Å². The smallest absolute Gasteiger partial charge is 0.124 e. The van der Waals surface area contributed by atoms with E-state index in [0.717, 1.165) is 17.9 Å². The van der Waals surface area contributed by atoms with E-state index in [1.165, 1.54) is 9.09 Å². The highest BCUT2D eigenvalue weighted by atomic mass is 127. The maximum absolute atomic E-state index is 5.94. The minimum Gasteiger partial charge on any atom is -0.327 e. The zero-order valence-corrected chi connectivity index (χ0v) is 12.3. The third-order valence-electron chi connectivity index (χ3n) is 2.46. The molecular formula is C12H14ClIN2. The molecule has 2 nitrogen and oxygen atoms in total. The van der Waals surface area contributed by atoms with Crippen LogP contribution in [-0.2, 0) is 12.4 Å². The second kappa shape index (κ2) is 4.92. The third kappa shape index (κ3) is 2.35. The fourth-order valence-electron chi connectivity index (χ4n) is 1.82. The van der Waals surface area contributed by atoms with E-state index in [1.807, 2.05) is 0 Å². The first-order valence-electron chi connectivity index (χ1n) is 5.32. The molecule has 0 amide bonds. The number of nitrogens with zero attached hydrogens (tertiary/aromatic N) is 2. The Balaban J connectivity index is 2.59. The fraction of sp³-hybridized carbons (Fsp3) is 0.417. The summed E-state index contributed by atoms with van der Waals surface area (Å²) < 4.78 is 3.43. The molecule has 1 heterocycles. The lowest BCUT2D eigenvalue weighted by Gasteiger charge is -2.10. The number of imidazole rings is 1. The molecule has 4 heteroatoms. The number of fused-ring (bicyclic) bond motifs is 1. The molecule has 0 bridgehead atoms. The van der Waals surface area contributed by atoms with Crippen LogP contribution in [0.4, 0.5) is 0 Å². The van der Waals surface area contributed by atoms with Crippen molar-refractivity contribution in [1.29, 1.82) is 0 Å². The van der Waals surface area contributed by atoms with Crippen LogP contribution in [0.3, 0.4) is 0 Å². The number of benzene rings is 1. The molecule has 0 fully saturated rings. The summed E-state index contributed by atoms with van der Waals surface area (Å²) in [5.41, 5.74) is 2.23. The molecule has 1 aromatic carbocycles. The summed E-state index contributed by atoms with van der Waals surface area (Å²) in [4.78, 5) is 4.57. The number of aromatic nitrogens is 2. The highest BCUT2D eigenvalue weighted by Gasteiger charge is 2.10. The summed E-state index contributed by atoms with van der Waals surface area (Å²) in [5, 5.41) is 0. The zero-order valence-electron chi connectivity index (χ0n) is 9.37. The maximum Gasteiger partial charge on any atom is 0.124 e. The number of halogens is 2. The molecule has 0 saturated carbocycles. The molecule has 86 valence electrons. The Kier molecular flexibility index (Phi) is 3.74. The molecule has 0 radical (unpaired) electrons. The zero-order chi connectivity index (χ0) is 11.7. The Morgan fingerprint density at radius 2 is 2.19 bits per heavy atom.